The van der Waals surface area contributed by atoms with E-state index in [1.807, 2.05) is 19.9 Å². The van der Waals surface area contributed by atoms with Crippen LogP contribution in [0.4, 0.5) is 5.69 Å². The van der Waals surface area contributed by atoms with Crippen LogP contribution in [0.25, 0.3) is 0 Å². The third-order valence-corrected chi connectivity index (χ3v) is 3.29. The molecule has 1 heterocycles. The van der Waals surface area contributed by atoms with E-state index < -0.39 is 10.0 Å². The molecular formula is C10H16N2O2S. The summed E-state index contributed by atoms with van der Waals surface area (Å²) in [4.78, 5) is 3.96. The first kappa shape index (κ1) is 12.0. The van der Waals surface area contributed by atoms with E-state index in [4.69, 9.17) is 0 Å². The predicted octanol–water partition coefficient (Wildman–Crippen LogP) is 1.57. The lowest BCUT2D eigenvalue weighted by molar-refractivity contribution is 0.596. The molecule has 0 spiro atoms. The van der Waals surface area contributed by atoms with Crippen molar-refractivity contribution in [2.45, 2.75) is 20.3 Å². The highest BCUT2D eigenvalue weighted by Gasteiger charge is 2.17. The summed E-state index contributed by atoms with van der Waals surface area (Å²) < 4.78 is 24.5. The molecule has 0 unspecified atom stereocenters. The number of anilines is 1. The molecule has 5 heteroatoms. The highest BCUT2D eigenvalue weighted by Crippen LogP contribution is 2.20. The van der Waals surface area contributed by atoms with Gasteiger partial charge in [-0.05, 0) is 25.0 Å². The first-order valence-electron chi connectivity index (χ1n) is 4.85. The molecule has 0 N–H and O–H groups in total. The van der Waals surface area contributed by atoms with Crippen molar-refractivity contribution in [2.24, 2.45) is 0 Å². The third kappa shape index (κ3) is 2.92. The van der Waals surface area contributed by atoms with Crippen molar-refractivity contribution in [3.63, 3.8) is 0 Å². The lowest BCUT2D eigenvalue weighted by atomic mass is 10.2. The minimum atomic E-state index is -3.21. The van der Waals surface area contributed by atoms with Gasteiger partial charge >= 0.3 is 0 Å². The van der Waals surface area contributed by atoms with Gasteiger partial charge in [-0.15, -0.1) is 0 Å². The zero-order valence-electron chi connectivity index (χ0n) is 9.27. The Morgan fingerprint density at radius 1 is 1.47 bits per heavy atom. The summed E-state index contributed by atoms with van der Waals surface area (Å²) >= 11 is 0. The molecule has 84 valence electrons. The topological polar surface area (TPSA) is 50.3 Å². The minimum Gasteiger partial charge on any atom is -0.269 e. The molecule has 0 saturated heterocycles. The summed E-state index contributed by atoms with van der Waals surface area (Å²) in [5, 5.41) is 0. The summed E-state index contributed by atoms with van der Waals surface area (Å²) in [6, 6.07) is 1.81. The van der Waals surface area contributed by atoms with Gasteiger partial charge in [0.25, 0.3) is 0 Å². The molecule has 0 bridgehead atoms. The van der Waals surface area contributed by atoms with Gasteiger partial charge in [-0.25, -0.2) is 8.42 Å². The largest absolute Gasteiger partial charge is 0.269 e. The third-order valence-electron chi connectivity index (χ3n) is 2.11. The van der Waals surface area contributed by atoms with Crippen LogP contribution in [-0.2, 0) is 10.0 Å². The number of rotatable bonds is 4. The van der Waals surface area contributed by atoms with Crippen LogP contribution in [-0.4, -0.2) is 26.2 Å². The smallest absolute Gasteiger partial charge is 0.232 e. The van der Waals surface area contributed by atoms with E-state index in [2.05, 4.69) is 4.98 Å². The molecule has 0 saturated carbocycles. The van der Waals surface area contributed by atoms with Crippen LogP contribution in [0.1, 0.15) is 18.9 Å². The van der Waals surface area contributed by atoms with Gasteiger partial charge in [-0.1, -0.05) is 6.92 Å². The Kier molecular flexibility index (Phi) is 3.68. The second kappa shape index (κ2) is 4.61. The van der Waals surface area contributed by atoms with Gasteiger partial charge < -0.3 is 0 Å². The number of hydrogen-bond donors (Lipinski definition) is 0. The summed E-state index contributed by atoms with van der Waals surface area (Å²) in [7, 11) is -3.21. The first-order chi connectivity index (χ1) is 6.96. The van der Waals surface area contributed by atoms with Gasteiger partial charge in [0.1, 0.15) is 0 Å². The number of pyridine rings is 1. The fraction of sp³-hybridized carbons (Fsp3) is 0.500. The summed E-state index contributed by atoms with van der Waals surface area (Å²) in [6.45, 7) is 4.32. The van der Waals surface area contributed by atoms with Crippen LogP contribution >= 0.6 is 0 Å². The number of aryl methyl sites for hydroxylation is 1. The Labute approximate surface area is 91.0 Å². The van der Waals surface area contributed by atoms with Crippen molar-refractivity contribution >= 4 is 15.7 Å². The summed E-state index contributed by atoms with van der Waals surface area (Å²) in [6.07, 6.45) is 5.24. The zero-order valence-corrected chi connectivity index (χ0v) is 10.1. The highest BCUT2D eigenvalue weighted by molar-refractivity contribution is 7.92. The van der Waals surface area contributed by atoms with E-state index in [1.54, 1.807) is 12.4 Å². The van der Waals surface area contributed by atoms with Gasteiger partial charge in [-0.3, -0.25) is 9.29 Å². The number of sulfonamides is 1. The molecule has 1 aromatic rings. The lowest BCUT2D eigenvalue weighted by Crippen LogP contribution is -2.31. The zero-order chi connectivity index (χ0) is 11.5. The molecule has 1 aromatic heterocycles. The molecule has 0 atom stereocenters. The normalized spacial score (nSPS) is 11.4. The van der Waals surface area contributed by atoms with Crippen LogP contribution in [0.3, 0.4) is 0 Å². The summed E-state index contributed by atoms with van der Waals surface area (Å²) in [5.74, 6) is 0. The molecular weight excluding hydrogens is 212 g/mol. The molecule has 4 nitrogen and oxygen atoms in total. The number of aromatic nitrogens is 1. The Balaban J connectivity index is 3.16. The van der Waals surface area contributed by atoms with Gasteiger partial charge in [-0.2, -0.15) is 0 Å². The maximum absolute atomic E-state index is 11.6. The molecule has 0 aliphatic rings. The lowest BCUT2D eigenvalue weighted by Gasteiger charge is -2.22. The quantitative estimate of drug-likeness (QED) is 0.786. The molecule has 0 radical (unpaired) electrons. The molecule has 0 aliphatic heterocycles. The Bertz CT molecular complexity index is 429. The van der Waals surface area contributed by atoms with Crippen LogP contribution < -0.4 is 4.31 Å². The Morgan fingerprint density at radius 3 is 2.60 bits per heavy atom. The number of hydrogen-bond acceptors (Lipinski definition) is 3. The van der Waals surface area contributed by atoms with E-state index in [1.165, 1.54) is 10.6 Å². The van der Waals surface area contributed by atoms with Crippen molar-refractivity contribution in [2.75, 3.05) is 17.1 Å². The minimum absolute atomic E-state index is 0.491. The highest BCUT2D eigenvalue weighted by atomic mass is 32.2. The van der Waals surface area contributed by atoms with Crippen molar-refractivity contribution in [3.05, 3.63) is 24.0 Å². The van der Waals surface area contributed by atoms with Crippen molar-refractivity contribution in [1.82, 2.24) is 4.98 Å². The molecule has 1 rings (SSSR count). The van der Waals surface area contributed by atoms with E-state index in [9.17, 15) is 8.42 Å². The van der Waals surface area contributed by atoms with Crippen LogP contribution in [0.15, 0.2) is 18.5 Å². The maximum atomic E-state index is 11.6. The van der Waals surface area contributed by atoms with Crippen molar-refractivity contribution < 1.29 is 8.42 Å². The van der Waals surface area contributed by atoms with Gasteiger partial charge in [0.2, 0.25) is 10.0 Å². The van der Waals surface area contributed by atoms with Gasteiger partial charge in [0.15, 0.2) is 0 Å². The molecule has 0 fully saturated rings. The Morgan fingerprint density at radius 2 is 2.13 bits per heavy atom. The predicted molar refractivity (Wildman–Crippen MR) is 61.5 cm³/mol. The monoisotopic (exact) mass is 228 g/mol. The van der Waals surface area contributed by atoms with Crippen LogP contribution in [0.5, 0.6) is 0 Å². The van der Waals surface area contributed by atoms with Crippen LogP contribution in [0.2, 0.25) is 0 Å². The van der Waals surface area contributed by atoms with Gasteiger partial charge in [0.05, 0.1) is 18.1 Å². The maximum Gasteiger partial charge on any atom is 0.232 e. The van der Waals surface area contributed by atoms with E-state index in [0.717, 1.165) is 12.0 Å². The van der Waals surface area contributed by atoms with Crippen LogP contribution in [0, 0.1) is 6.92 Å². The van der Waals surface area contributed by atoms with E-state index in [-0.39, 0.29) is 0 Å². The second-order valence-corrected chi connectivity index (χ2v) is 5.40. The van der Waals surface area contributed by atoms with Gasteiger partial charge in [0, 0.05) is 12.7 Å². The molecule has 15 heavy (non-hydrogen) atoms. The summed E-state index contributed by atoms with van der Waals surface area (Å²) in [5.41, 5.74) is 1.59. The fourth-order valence-electron chi connectivity index (χ4n) is 1.38. The molecule has 0 amide bonds. The average Bonchev–Trinajstić information content (AvgIpc) is 2.14. The average molecular weight is 228 g/mol. The second-order valence-electron chi connectivity index (χ2n) is 3.50. The Hall–Kier alpha value is -1.10. The van der Waals surface area contributed by atoms with Crippen molar-refractivity contribution in [1.29, 1.82) is 0 Å². The standard InChI is InChI=1S/C10H16N2O2S/c1-4-7-12(15(3,13)14)10-8-11-6-5-9(10)2/h5-6,8H,4,7H2,1-3H3. The van der Waals surface area contributed by atoms with Crippen molar-refractivity contribution in [3.8, 4) is 0 Å². The molecule has 0 aromatic carbocycles. The first-order valence-corrected chi connectivity index (χ1v) is 6.70. The van der Waals surface area contributed by atoms with E-state index in [0.29, 0.717) is 12.2 Å². The molecule has 0 aliphatic carbocycles. The fourth-order valence-corrected chi connectivity index (χ4v) is 2.45. The number of nitrogens with zero attached hydrogens (tertiary/aromatic N) is 2. The van der Waals surface area contributed by atoms with E-state index >= 15 is 0 Å². The SMILES string of the molecule is CCCN(c1cnccc1C)S(C)(=O)=O.